The first kappa shape index (κ1) is 13.5. The number of rotatable bonds is 3. The summed E-state index contributed by atoms with van der Waals surface area (Å²) in [6.45, 7) is 1.57. The molecule has 0 spiro atoms. The number of hydrogen-bond acceptors (Lipinski definition) is 3. The largest absolute Gasteiger partial charge is 0.478 e. The number of allylic oxidation sites excluding steroid dienone is 1. The molecule has 90 valence electrons. The van der Waals surface area contributed by atoms with Gasteiger partial charge in [0.25, 0.3) is 0 Å². The zero-order chi connectivity index (χ0) is 13.0. The molecule has 0 aliphatic carbocycles. The van der Waals surface area contributed by atoms with Crippen LogP contribution in [0.15, 0.2) is 23.4 Å². The number of halogens is 2. The van der Waals surface area contributed by atoms with Crippen LogP contribution < -0.4 is 0 Å². The Morgan fingerprint density at radius 2 is 2.06 bits per heavy atom. The lowest BCUT2D eigenvalue weighted by atomic mass is 10.1. The smallest absolute Gasteiger partial charge is 0.337 e. The monoisotopic (exact) mass is 273 g/mol. The molecule has 1 aromatic carbocycles. The van der Waals surface area contributed by atoms with Crippen LogP contribution in [0.4, 0.5) is 0 Å². The summed E-state index contributed by atoms with van der Waals surface area (Å²) >= 11 is 11.8. The second kappa shape index (κ2) is 5.70. The van der Waals surface area contributed by atoms with Crippen molar-refractivity contribution in [3.05, 3.63) is 39.4 Å². The summed E-state index contributed by atoms with van der Waals surface area (Å²) in [7, 11) is 0. The molecule has 1 aromatic rings. The van der Waals surface area contributed by atoms with Crippen molar-refractivity contribution in [1.29, 1.82) is 0 Å². The zero-order valence-corrected chi connectivity index (χ0v) is 10.3. The van der Waals surface area contributed by atoms with Crippen molar-refractivity contribution in [3.63, 3.8) is 0 Å². The molecular weight excluding hydrogens is 265 g/mol. The number of benzene rings is 1. The first-order valence-corrected chi connectivity index (χ1v) is 5.31. The van der Waals surface area contributed by atoms with Gasteiger partial charge in [0.1, 0.15) is 0 Å². The molecule has 0 aliphatic heterocycles. The minimum atomic E-state index is -1.13. The average molecular weight is 274 g/mol. The fraction of sp³-hybridized carbons (Fsp3) is 0.0909. The van der Waals surface area contributed by atoms with E-state index < -0.39 is 5.97 Å². The van der Waals surface area contributed by atoms with Crippen LogP contribution in [0.5, 0.6) is 0 Å². The lowest BCUT2D eigenvalue weighted by Gasteiger charge is -2.05. The average Bonchev–Trinajstić information content (AvgIpc) is 2.27. The Balaban J connectivity index is 3.28. The Bertz CT molecular complexity index is 510. The molecule has 0 saturated carbocycles. The van der Waals surface area contributed by atoms with Gasteiger partial charge < -0.3 is 10.3 Å². The summed E-state index contributed by atoms with van der Waals surface area (Å²) in [5.41, 5.74) is 0.684. The van der Waals surface area contributed by atoms with Crippen molar-refractivity contribution in [1.82, 2.24) is 0 Å². The highest BCUT2D eigenvalue weighted by Gasteiger charge is 2.13. The fourth-order valence-corrected chi connectivity index (χ4v) is 1.70. The van der Waals surface area contributed by atoms with Gasteiger partial charge in [0.15, 0.2) is 0 Å². The number of carboxylic acid groups (broad SMARTS) is 1. The van der Waals surface area contributed by atoms with E-state index in [-0.39, 0.29) is 10.6 Å². The Morgan fingerprint density at radius 1 is 1.41 bits per heavy atom. The molecule has 0 amide bonds. The van der Waals surface area contributed by atoms with E-state index >= 15 is 0 Å². The molecule has 17 heavy (non-hydrogen) atoms. The Labute approximate surface area is 108 Å². The second-order valence-corrected chi connectivity index (χ2v) is 3.99. The third-order valence-electron chi connectivity index (χ3n) is 2.01. The summed E-state index contributed by atoms with van der Waals surface area (Å²) in [6, 6.07) is 2.78. The first-order chi connectivity index (χ1) is 7.97. The van der Waals surface area contributed by atoms with Gasteiger partial charge >= 0.3 is 5.97 Å². The molecule has 1 rings (SSSR count). The highest BCUT2D eigenvalue weighted by Crippen LogP contribution is 2.29. The maximum absolute atomic E-state index is 10.9. The molecule has 6 heteroatoms. The van der Waals surface area contributed by atoms with Crippen molar-refractivity contribution < 1.29 is 15.1 Å². The fourth-order valence-electron chi connectivity index (χ4n) is 1.12. The van der Waals surface area contributed by atoms with Crippen molar-refractivity contribution in [2.45, 2.75) is 6.92 Å². The SMILES string of the molecule is CC(C=Cc1c(Cl)ccc(C(=O)O)c1Cl)=NO. The van der Waals surface area contributed by atoms with Crippen molar-refractivity contribution in [3.8, 4) is 0 Å². The van der Waals surface area contributed by atoms with E-state index in [0.29, 0.717) is 16.3 Å². The van der Waals surface area contributed by atoms with Gasteiger partial charge in [0, 0.05) is 10.6 Å². The third kappa shape index (κ3) is 3.22. The van der Waals surface area contributed by atoms with Gasteiger partial charge in [-0.2, -0.15) is 0 Å². The molecule has 0 radical (unpaired) electrons. The minimum absolute atomic E-state index is 0.0330. The first-order valence-electron chi connectivity index (χ1n) is 4.55. The summed E-state index contributed by atoms with van der Waals surface area (Å²) < 4.78 is 0. The van der Waals surface area contributed by atoms with Gasteiger partial charge in [0.05, 0.1) is 16.3 Å². The van der Waals surface area contributed by atoms with Gasteiger partial charge in [-0.1, -0.05) is 34.4 Å². The van der Waals surface area contributed by atoms with E-state index in [2.05, 4.69) is 5.16 Å². The van der Waals surface area contributed by atoms with Crippen LogP contribution in [0.2, 0.25) is 10.0 Å². The topological polar surface area (TPSA) is 69.9 Å². The molecule has 0 aromatic heterocycles. The van der Waals surface area contributed by atoms with Crippen LogP contribution in [0, 0.1) is 0 Å². The van der Waals surface area contributed by atoms with Gasteiger partial charge in [-0.05, 0) is 25.1 Å². The predicted octanol–water partition coefficient (Wildman–Crippen LogP) is 3.55. The number of carboxylic acids is 1. The van der Waals surface area contributed by atoms with E-state index in [4.69, 9.17) is 33.5 Å². The van der Waals surface area contributed by atoms with Crippen LogP contribution in [0.1, 0.15) is 22.8 Å². The number of nitrogens with zero attached hydrogens (tertiary/aromatic N) is 1. The maximum atomic E-state index is 10.9. The highest BCUT2D eigenvalue weighted by atomic mass is 35.5. The molecule has 0 atom stereocenters. The van der Waals surface area contributed by atoms with Gasteiger partial charge in [-0.15, -0.1) is 0 Å². The standard InChI is InChI=1S/C11H9Cl2NO3/c1-6(14-17)2-3-7-9(12)5-4-8(10(7)13)11(15)16/h2-5,17H,1H3,(H,15,16). The van der Waals surface area contributed by atoms with Crippen molar-refractivity contribution in [2.24, 2.45) is 5.16 Å². The number of carbonyl (C=O) groups is 1. The Morgan fingerprint density at radius 3 is 2.59 bits per heavy atom. The van der Waals surface area contributed by atoms with Gasteiger partial charge in [-0.3, -0.25) is 0 Å². The molecule has 0 bridgehead atoms. The van der Waals surface area contributed by atoms with E-state index in [1.54, 1.807) is 6.92 Å². The van der Waals surface area contributed by atoms with E-state index in [1.807, 2.05) is 0 Å². The molecular formula is C11H9Cl2NO3. The summed E-state index contributed by atoms with van der Waals surface area (Å²) in [4.78, 5) is 10.9. The quantitative estimate of drug-likeness (QED) is 0.503. The molecule has 0 unspecified atom stereocenters. The minimum Gasteiger partial charge on any atom is -0.478 e. The Hall–Kier alpha value is -1.52. The number of oxime groups is 1. The lowest BCUT2D eigenvalue weighted by Crippen LogP contribution is -1.98. The van der Waals surface area contributed by atoms with Crippen LogP contribution in [-0.4, -0.2) is 22.0 Å². The summed E-state index contributed by atoms with van der Waals surface area (Å²) in [5.74, 6) is -1.13. The van der Waals surface area contributed by atoms with E-state index in [9.17, 15) is 4.79 Å². The predicted molar refractivity (Wildman–Crippen MR) is 67.4 cm³/mol. The lowest BCUT2D eigenvalue weighted by molar-refractivity contribution is 0.0697. The van der Waals surface area contributed by atoms with Crippen molar-refractivity contribution in [2.75, 3.05) is 0 Å². The molecule has 4 nitrogen and oxygen atoms in total. The van der Waals surface area contributed by atoms with Crippen LogP contribution >= 0.6 is 23.2 Å². The molecule has 2 N–H and O–H groups in total. The van der Waals surface area contributed by atoms with E-state index in [0.717, 1.165) is 0 Å². The van der Waals surface area contributed by atoms with Crippen molar-refractivity contribution >= 4 is 41.0 Å². The number of aromatic carboxylic acids is 1. The van der Waals surface area contributed by atoms with E-state index in [1.165, 1.54) is 24.3 Å². The molecule has 0 saturated heterocycles. The molecule has 0 fully saturated rings. The van der Waals surface area contributed by atoms with Gasteiger partial charge in [0.2, 0.25) is 0 Å². The van der Waals surface area contributed by atoms with Crippen LogP contribution in [0.25, 0.3) is 6.08 Å². The van der Waals surface area contributed by atoms with Crippen LogP contribution in [0.3, 0.4) is 0 Å². The Kier molecular flexibility index (Phi) is 4.54. The molecule has 0 heterocycles. The number of hydrogen-bond donors (Lipinski definition) is 2. The second-order valence-electron chi connectivity index (χ2n) is 3.20. The molecule has 0 aliphatic rings. The van der Waals surface area contributed by atoms with Crippen LogP contribution in [-0.2, 0) is 0 Å². The maximum Gasteiger partial charge on any atom is 0.337 e. The van der Waals surface area contributed by atoms with Gasteiger partial charge in [-0.25, -0.2) is 4.79 Å². The highest BCUT2D eigenvalue weighted by molar-refractivity contribution is 6.39. The normalized spacial score (nSPS) is 12.1. The zero-order valence-electron chi connectivity index (χ0n) is 8.82. The summed E-state index contributed by atoms with van der Waals surface area (Å²) in [6.07, 6.45) is 2.96. The third-order valence-corrected chi connectivity index (χ3v) is 2.74. The summed E-state index contributed by atoms with van der Waals surface area (Å²) in [5, 5.41) is 20.7.